The lowest BCUT2D eigenvalue weighted by Crippen LogP contribution is -2.07. The van der Waals surface area contributed by atoms with Gasteiger partial charge in [0.2, 0.25) is 0 Å². The second-order valence-electron chi connectivity index (χ2n) is 4.34. The van der Waals surface area contributed by atoms with E-state index in [4.69, 9.17) is 11.6 Å². The molecular formula is C13H15ClFN3. The molecule has 0 saturated carbocycles. The van der Waals surface area contributed by atoms with Crippen molar-refractivity contribution in [3.63, 3.8) is 0 Å². The van der Waals surface area contributed by atoms with Gasteiger partial charge in [0.05, 0.1) is 16.8 Å². The Morgan fingerprint density at radius 1 is 1.44 bits per heavy atom. The van der Waals surface area contributed by atoms with E-state index in [0.29, 0.717) is 0 Å². The highest BCUT2D eigenvalue weighted by molar-refractivity contribution is 6.31. The Hall–Kier alpha value is -1.55. The first kappa shape index (κ1) is 12.9. The van der Waals surface area contributed by atoms with Gasteiger partial charge in [-0.1, -0.05) is 11.6 Å². The molecule has 0 radical (unpaired) electrons. The summed E-state index contributed by atoms with van der Waals surface area (Å²) < 4.78 is 14.8. The second-order valence-corrected chi connectivity index (χ2v) is 4.75. The second kappa shape index (κ2) is 4.98. The largest absolute Gasteiger partial charge is 0.378 e. The zero-order chi connectivity index (χ0) is 13.3. The van der Waals surface area contributed by atoms with Gasteiger partial charge in [0.15, 0.2) is 0 Å². The van der Waals surface area contributed by atoms with Gasteiger partial charge in [-0.3, -0.25) is 4.68 Å². The number of benzene rings is 1. The maximum absolute atomic E-state index is 13.1. The molecule has 0 aliphatic carbocycles. The van der Waals surface area contributed by atoms with E-state index in [2.05, 4.69) is 10.4 Å². The lowest BCUT2D eigenvalue weighted by Gasteiger charge is -2.15. The van der Waals surface area contributed by atoms with E-state index in [1.54, 1.807) is 16.8 Å². The van der Waals surface area contributed by atoms with Crippen LogP contribution in [0.4, 0.5) is 10.1 Å². The standard InChI is InChI=1S/C13H15ClFN3/c1-8(11-7-18(3)17-9(11)2)16-10-4-5-13(15)12(14)6-10/h4-8,16H,1-3H3. The average Bonchev–Trinajstić information content (AvgIpc) is 2.63. The maximum Gasteiger partial charge on any atom is 0.141 e. The van der Waals surface area contributed by atoms with Crippen LogP contribution in [0.3, 0.4) is 0 Å². The highest BCUT2D eigenvalue weighted by atomic mass is 35.5. The summed E-state index contributed by atoms with van der Waals surface area (Å²) in [4.78, 5) is 0. The van der Waals surface area contributed by atoms with E-state index in [0.717, 1.165) is 16.9 Å². The Labute approximate surface area is 111 Å². The normalized spacial score (nSPS) is 12.5. The van der Waals surface area contributed by atoms with Gasteiger partial charge < -0.3 is 5.32 Å². The smallest absolute Gasteiger partial charge is 0.141 e. The minimum Gasteiger partial charge on any atom is -0.378 e. The Bertz CT molecular complexity index is 565. The number of rotatable bonds is 3. The van der Waals surface area contributed by atoms with Gasteiger partial charge >= 0.3 is 0 Å². The van der Waals surface area contributed by atoms with Crippen LogP contribution in [0.25, 0.3) is 0 Å². The minimum atomic E-state index is -0.410. The van der Waals surface area contributed by atoms with Crippen molar-refractivity contribution < 1.29 is 4.39 Å². The molecular weight excluding hydrogens is 253 g/mol. The summed E-state index contributed by atoms with van der Waals surface area (Å²) in [7, 11) is 1.89. The summed E-state index contributed by atoms with van der Waals surface area (Å²) in [5, 5.41) is 7.69. The fraction of sp³-hybridized carbons (Fsp3) is 0.308. The number of nitrogens with zero attached hydrogens (tertiary/aromatic N) is 2. The van der Waals surface area contributed by atoms with E-state index in [9.17, 15) is 4.39 Å². The quantitative estimate of drug-likeness (QED) is 0.919. The van der Waals surface area contributed by atoms with Crippen LogP contribution < -0.4 is 5.32 Å². The van der Waals surface area contributed by atoms with Crippen LogP contribution in [0.1, 0.15) is 24.2 Å². The summed E-state index contributed by atoms with van der Waals surface area (Å²) in [6.07, 6.45) is 1.97. The van der Waals surface area contributed by atoms with Gasteiger partial charge in [0, 0.05) is 24.5 Å². The van der Waals surface area contributed by atoms with Crippen LogP contribution in [0.15, 0.2) is 24.4 Å². The topological polar surface area (TPSA) is 29.9 Å². The monoisotopic (exact) mass is 267 g/mol. The maximum atomic E-state index is 13.1. The molecule has 1 unspecified atom stereocenters. The van der Waals surface area contributed by atoms with E-state index >= 15 is 0 Å². The third-order valence-electron chi connectivity index (χ3n) is 2.82. The fourth-order valence-corrected chi connectivity index (χ4v) is 2.14. The zero-order valence-electron chi connectivity index (χ0n) is 10.5. The zero-order valence-corrected chi connectivity index (χ0v) is 11.3. The van der Waals surface area contributed by atoms with Crippen LogP contribution in [0, 0.1) is 12.7 Å². The molecule has 1 heterocycles. The predicted molar refractivity (Wildman–Crippen MR) is 71.4 cm³/mol. The first-order chi connectivity index (χ1) is 8.47. The highest BCUT2D eigenvalue weighted by Crippen LogP contribution is 2.24. The SMILES string of the molecule is Cc1nn(C)cc1C(C)Nc1ccc(F)c(Cl)c1. The molecule has 0 fully saturated rings. The molecule has 3 nitrogen and oxygen atoms in total. The molecule has 1 atom stereocenters. The van der Waals surface area contributed by atoms with Crippen molar-refractivity contribution in [1.82, 2.24) is 9.78 Å². The van der Waals surface area contributed by atoms with Crippen LogP contribution in [-0.2, 0) is 7.05 Å². The first-order valence-electron chi connectivity index (χ1n) is 5.69. The Balaban J connectivity index is 2.18. The van der Waals surface area contributed by atoms with Gasteiger partial charge in [-0.2, -0.15) is 5.10 Å². The molecule has 1 N–H and O–H groups in total. The molecule has 1 aromatic heterocycles. The van der Waals surface area contributed by atoms with E-state index < -0.39 is 5.82 Å². The molecule has 2 aromatic rings. The molecule has 5 heteroatoms. The number of aryl methyl sites for hydroxylation is 2. The van der Waals surface area contributed by atoms with Crippen molar-refractivity contribution >= 4 is 17.3 Å². The number of hydrogen-bond donors (Lipinski definition) is 1. The van der Waals surface area contributed by atoms with Crippen molar-refractivity contribution in [2.75, 3.05) is 5.32 Å². The third-order valence-corrected chi connectivity index (χ3v) is 3.11. The molecule has 18 heavy (non-hydrogen) atoms. The average molecular weight is 268 g/mol. The van der Waals surface area contributed by atoms with E-state index in [1.165, 1.54) is 6.07 Å². The van der Waals surface area contributed by atoms with Crippen LogP contribution in [0.5, 0.6) is 0 Å². The molecule has 2 rings (SSSR count). The van der Waals surface area contributed by atoms with Crippen molar-refractivity contribution in [2.24, 2.45) is 7.05 Å². The minimum absolute atomic E-state index is 0.0835. The van der Waals surface area contributed by atoms with Gasteiger partial charge in [-0.05, 0) is 32.0 Å². The van der Waals surface area contributed by atoms with Gasteiger partial charge in [-0.25, -0.2) is 4.39 Å². The molecule has 0 amide bonds. The summed E-state index contributed by atoms with van der Waals surface area (Å²) in [6, 6.07) is 4.69. The Morgan fingerprint density at radius 3 is 2.72 bits per heavy atom. The number of halogens is 2. The fourth-order valence-electron chi connectivity index (χ4n) is 1.96. The highest BCUT2D eigenvalue weighted by Gasteiger charge is 2.12. The number of anilines is 1. The molecule has 0 spiro atoms. The predicted octanol–water partition coefficient (Wildman–Crippen LogP) is 3.69. The summed E-state index contributed by atoms with van der Waals surface area (Å²) in [5.41, 5.74) is 2.88. The van der Waals surface area contributed by atoms with E-state index in [-0.39, 0.29) is 11.1 Å². The molecule has 0 bridgehead atoms. The van der Waals surface area contributed by atoms with Crippen LogP contribution in [0.2, 0.25) is 5.02 Å². The van der Waals surface area contributed by atoms with E-state index in [1.807, 2.05) is 27.1 Å². The lowest BCUT2D eigenvalue weighted by molar-refractivity contribution is 0.628. The van der Waals surface area contributed by atoms with Crippen LogP contribution >= 0.6 is 11.6 Å². The molecule has 0 aliphatic heterocycles. The van der Waals surface area contributed by atoms with Crippen molar-refractivity contribution in [3.8, 4) is 0 Å². The summed E-state index contributed by atoms with van der Waals surface area (Å²) >= 11 is 5.75. The van der Waals surface area contributed by atoms with Gasteiger partial charge in [0.25, 0.3) is 0 Å². The summed E-state index contributed by atoms with van der Waals surface area (Å²) in [6.45, 7) is 3.99. The summed E-state index contributed by atoms with van der Waals surface area (Å²) in [5.74, 6) is -0.410. The molecule has 1 aromatic carbocycles. The first-order valence-corrected chi connectivity index (χ1v) is 6.07. The third kappa shape index (κ3) is 2.64. The Kier molecular flexibility index (Phi) is 3.57. The van der Waals surface area contributed by atoms with Crippen molar-refractivity contribution in [1.29, 1.82) is 0 Å². The number of hydrogen-bond acceptors (Lipinski definition) is 2. The van der Waals surface area contributed by atoms with Crippen molar-refractivity contribution in [3.05, 3.63) is 46.5 Å². The van der Waals surface area contributed by atoms with Gasteiger partial charge in [0.1, 0.15) is 5.82 Å². The van der Waals surface area contributed by atoms with Crippen molar-refractivity contribution in [2.45, 2.75) is 19.9 Å². The Morgan fingerprint density at radius 2 is 2.17 bits per heavy atom. The lowest BCUT2D eigenvalue weighted by atomic mass is 10.1. The van der Waals surface area contributed by atoms with Crippen LogP contribution in [-0.4, -0.2) is 9.78 Å². The van der Waals surface area contributed by atoms with Gasteiger partial charge in [-0.15, -0.1) is 0 Å². The number of aromatic nitrogens is 2. The molecule has 0 saturated heterocycles. The number of nitrogens with one attached hydrogen (secondary N) is 1. The molecule has 0 aliphatic rings. The molecule has 96 valence electrons.